The molecule has 4 nitrogen and oxygen atoms in total. The summed E-state index contributed by atoms with van der Waals surface area (Å²) in [5, 5.41) is 8.73. The predicted octanol–water partition coefficient (Wildman–Crippen LogP) is -0.672. The fourth-order valence-electron chi connectivity index (χ4n) is 1.19. The molecule has 0 aromatic heterocycles. The van der Waals surface area contributed by atoms with Crippen LogP contribution in [0.3, 0.4) is 0 Å². The third-order valence-electron chi connectivity index (χ3n) is 1.89. The Balaban J connectivity index is 2.19. The average molecular weight is 175 g/mol. The van der Waals surface area contributed by atoms with E-state index in [1.54, 1.807) is 0 Å². The molecule has 0 unspecified atom stereocenters. The topological polar surface area (TPSA) is 41.9 Å². The van der Waals surface area contributed by atoms with Gasteiger partial charge in [-0.25, -0.2) is 0 Å². The highest BCUT2D eigenvalue weighted by molar-refractivity contribution is 4.57. The highest BCUT2D eigenvalue weighted by Crippen LogP contribution is 1.92. The van der Waals surface area contributed by atoms with Gasteiger partial charge in [0.25, 0.3) is 0 Å². The lowest BCUT2D eigenvalue weighted by atomic mass is 10.4. The second-order valence-corrected chi connectivity index (χ2v) is 2.79. The van der Waals surface area contributed by atoms with Gasteiger partial charge in [-0.05, 0) is 0 Å². The largest absolute Gasteiger partial charge is 0.395 e. The Morgan fingerprint density at radius 1 is 1.00 bits per heavy atom. The summed E-state index contributed by atoms with van der Waals surface area (Å²) in [4.78, 5) is 2.14. The van der Waals surface area contributed by atoms with Gasteiger partial charge in [-0.15, -0.1) is 0 Å². The minimum Gasteiger partial charge on any atom is -0.395 e. The molecule has 1 aliphatic heterocycles. The van der Waals surface area contributed by atoms with Crippen molar-refractivity contribution in [2.75, 3.05) is 52.7 Å². The van der Waals surface area contributed by atoms with E-state index in [0.29, 0.717) is 19.8 Å². The number of ether oxygens (including phenoxy) is 2. The summed E-state index contributed by atoms with van der Waals surface area (Å²) >= 11 is 0. The number of aliphatic hydroxyl groups excluding tert-OH is 1. The zero-order chi connectivity index (χ0) is 8.65. The van der Waals surface area contributed by atoms with Crippen molar-refractivity contribution in [2.24, 2.45) is 0 Å². The van der Waals surface area contributed by atoms with Crippen molar-refractivity contribution in [2.45, 2.75) is 0 Å². The maximum Gasteiger partial charge on any atom is 0.0701 e. The summed E-state index contributed by atoms with van der Waals surface area (Å²) in [6.07, 6.45) is 0. The van der Waals surface area contributed by atoms with Crippen LogP contribution in [0.4, 0.5) is 0 Å². The van der Waals surface area contributed by atoms with Crippen LogP contribution in [-0.4, -0.2) is 62.7 Å². The van der Waals surface area contributed by atoms with E-state index in [-0.39, 0.29) is 6.61 Å². The second-order valence-electron chi connectivity index (χ2n) is 2.79. The molecule has 0 atom stereocenters. The average Bonchev–Trinajstić information content (AvgIpc) is 2.19. The van der Waals surface area contributed by atoms with Crippen LogP contribution in [0, 0.1) is 0 Å². The summed E-state index contributed by atoms with van der Waals surface area (Å²) in [5.74, 6) is 0. The first-order valence-corrected chi connectivity index (χ1v) is 4.42. The molecule has 0 amide bonds. The fourth-order valence-corrected chi connectivity index (χ4v) is 1.19. The molecule has 12 heavy (non-hydrogen) atoms. The molecule has 4 heteroatoms. The van der Waals surface area contributed by atoms with Crippen molar-refractivity contribution in [3.63, 3.8) is 0 Å². The Hall–Kier alpha value is -0.160. The second kappa shape index (κ2) is 6.37. The van der Waals surface area contributed by atoms with Gasteiger partial charge in [0.2, 0.25) is 0 Å². The first-order chi connectivity index (χ1) is 5.93. The van der Waals surface area contributed by atoms with Crippen LogP contribution in [0.1, 0.15) is 0 Å². The van der Waals surface area contributed by atoms with E-state index >= 15 is 0 Å². The van der Waals surface area contributed by atoms with E-state index < -0.39 is 0 Å². The van der Waals surface area contributed by atoms with Crippen LogP contribution in [0.5, 0.6) is 0 Å². The minimum absolute atomic E-state index is 0.208. The predicted molar refractivity (Wildman–Crippen MR) is 45.2 cm³/mol. The quantitative estimate of drug-likeness (QED) is 0.604. The Bertz CT molecular complexity index is 100. The Morgan fingerprint density at radius 2 is 1.58 bits per heavy atom. The molecular weight excluding hydrogens is 158 g/mol. The number of rotatable bonds is 2. The van der Waals surface area contributed by atoms with Crippen LogP contribution in [0.15, 0.2) is 0 Å². The molecule has 0 aromatic rings. The van der Waals surface area contributed by atoms with Gasteiger partial charge in [0.05, 0.1) is 33.0 Å². The number of nitrogens with zero attached hydrogens (tertiary/aromatic N) is 1. The zero-order valence-corrected chi connectivity index (χ0v) is 7.37. The van der Waals surface area contributed by atoms with Gasteiger partial charge in [-0.2, -0.15) is 0 Å². The van der Waals surface area contributed by atoms with Gasteiger partial charge in [-0.1, -0.05) is 0 Å². The molecule has 1 aliphatic rings. The highest BCUT2D eigenvalue weighted by atomic mass is 16.5. The van der Waals surface area contributed by atoms with E-state index in [0.717, 1.165) is 26.3 Å². The third kappa shape index (κ3) is 4.01. The molecule has 1 saturated heterocycles. The van der Waals surface area contributed by atoms with Gasteiger partial charge in [0.1, 0.15) is 0 Å². The summed E-state index contributed by atoms with van der Waals surface area (Å²) in [7, 11) is 0. The maximum atomic E-state index is 8.73. The fraction of sp³-hybridized carbons (Fsp3) is 1.00. The number of hydrogen-bond acceptors (Lipinski definition) is 4. The Kier molecular flexibility index (Phi) is 5.27. The molecule has 0 radical (unpaired) electrons. The molecule has 0 bridgehead atoms. The summed E-state index contributed by atoms with van der Waals surface area (Å²) < 4.78 is 10.6. The normalized spacial score (nSPS) is 22.8. The first-order valence-electron chi connectivity index (χ1n) is 4.42. The van der Waals surface area contributed by atoms with Crippen molar-refractivity contribution >= 4 is 0 Å². The lowest BCUT2D eigenvalue weighted by Crippen LogP contribution is -2.32. The molecule has 1 rings (SSSR count). The first kappa shape index (κ1) is 9.92. The van der Waals surface area contributed by atoms with E-state index in [9.17, 15) is 0 Å². The molecule has 72 valence electrons. The van der Waals surface area contributed by atoms with Gasteiger partial charge in [0, 0.05) is 19.6 Å². The van der Waals surface area contributed by atoms with Crippen LogP contribution in [-0.2, 0) is 9.47 Å². The van der Waals surface area contributed by atoms with Crippen molar-refractivity contribution in [3.8, 4) is 0 Å². The smallest absolute Gasteiger partial charge is 0.0701 e. The minimum atomic E-state index is 0.208. The van der Waals surface area contributed by atoms with Crippen LogP contribution in [0.2, 0.25) is 0 Å². The molecular formula is C8H17NO3. The molecule has 1 N–H and O–H groups in total. The molecule has 1 heterocycles. The van der Waals surface area contributed by atoms with Gasteiger partial charge < -0.3 is 14.6 Å². The molecule has 0 aromatic carbocycles. The molecule has 1 fully saturated rings. The molecule has 0 saturated carbocycles. The maximum absolute atomic E-state index is 8.73. The monoisotopic (exact) mass is 175 g/mol. The van der Waals surface area contributed by atoms with Crippen molar-refractivity contribution in [1.29, 1.82) is 0 Å². The van der Waals surface area contributed by atoms with Crippen LogP contribution in [0.25, 0.3) is 0 Å². The summed E-state index contributed by atoms with van der Waals surface area (Å²) in [6.45, 7) is 5.56. The van der Waals surface area contributed by atoms with Gasteiger partial charge in [0.15, 0.2) is 0 Å². The van der Waals surface area contributed by atoms with Crippen LogP contribution < -0.4 is 0 Å². The van der Waals surface area contributed by atoms with Crippen molar-refractivity contribution in [1.82, 2.24) is 4.90 Å². The number of hydrogen-bond donors (Lipinski definition) is 1. The van der Waals surface area contributed by atoms with Crippen LogP contribution >= 0.6 is 0 Å². The highest BCUT2D eigenvalue weighted by Gasteiger charge is 2.05. The number of aliphatic hydroxyl groups is 1. The Labute approximate surface area is 73.1 Å². The summed E-state index contributed by atoms with van der Waals surface area (Å²) in [6, 6.07) is 0. The lowest BCUT2D eigenvalue weighted by molar-refractivity contribution is 0.0629. The van der Waals surface area contributed by atoms with E-state index in [1.807, 2.05) is 0 Å². The lowest BCUT2D eigenvalue weighted by Gasteiger charge is -2.19. The van der Waals surface area contributed by atoms with Crippen molar-refractivity contribution < 1.29 is 14.6 Å². The Morgan fingerprint density at radius 3 is 2.08 bits per heavy atom. The van der Waals surface area contributed by atoms with E-state index in [1.165, 1.54) is 0 Å². The summed E-state index contributed by atoms with van der Waals surface area (Å²) in [5.41, 5.74) is 0. The van der Waals surface area contributed by atoms with Gasteiger partial charge in [-0.3, -0.25) is 4.90 Å². The zero-order valence-electron chi connectivity index (χ0n) is 7.37. The molecule has 0 aliphatic carbocycles. The van der Waals surface area contributed by atoms with Crippen molar-refractivity contribution in [3.05, 3.63) is 0 Å². The SMILES string of the molecule is OCCN1CCOCCOCC1. The third-order valence-corrected chi connectivity index (χ3v) is 1.89. The van der Waals surface area contributed by atoms with E-state index in [2.05, 4.69) is 4.90 Å². The standard InChI is InChI=1S/C8H17NO3/c10-4-1-9-2-5-11-7-8-12-6-3-9/h10H,1-8H2. The van der Waals surface area contributed by atoms with E-state index in [4.69, 9.17) is 14.6 Å². The molecule has 0 spiro atoms. The van der Waals surface area contributed by atoms with Gasteiger partial charge >= 0.3 is 0 Å². The number of β-amino-alcohol motifs (C(OH)–C–C–N with tert-alkyl or cyclic N) is 1.